The molecule has 1 fully saturated rings. The second-order valence-corrected chi connectivity index (χ2v) is 4.83. The van der Waals surface area contributed by atoms with E-state index in [1.165, 1.54) is 0 Å². The minimum absolute atomic E-state index is 0.284. The van der Waals surface area contributed by atoms with E-state index in [-0.39, 0.29) is 5.54 Å². The Balaban J connectivity index is 2.55. The van der Waals surface area contributed by atoms with Crippen LogP contribution in [-0.2, 0) is 4.74 Å². The Labute approximate surface area is 76.7 Å². The van der Waals surface area contributed by atoms with E-state index in [9.17, 15) is 0 Å². The highest BCUT2D eigenvalue weighted by atomic mass is 16.5. The predicted molar refractivity (Wildman–Crippen MR) is 54.2 cm³/mol. The molecular formula is C9H20BNO. The van der Waals surface area contributed by atoms with E-state index in [4.69, 9.17) is 4.74 Å². The van der Waals surface area contributed by atoms with E-state index in [1.54, 1.807) is 0 Å². The molecule has 0 N–H and O–H groups in total. The lowest BCUT2D eigenvalue weighted by molar-refractivity contribution is -0.0681. The quantitative estimate of drug-likeness (QED) is 0.488. The van der Waals surface area contributed by atoms with Gasteiger partial charge in [0.25, 0.3) is 0 Å². The van der Waals surface area contributed by atoms with Crippen molar-refractivity contribution in [1.29, 1.82) is 0 Å². The summed E-state index contributed by atoms with van der Waals surface area (Å²) in [5, 5.41) is 0. The molecule has 0 aromatic heterocycles. The molecule has 12 heavy (non-hydrogen) atoms. The maximum Gasteiger partial charge on any atom is 0.140 e. The molecule has 0 radical (unpaired) electrons. The number of morpholine rings is 1. The van der Waals surface area contributed by atoms with Gasteiger partial charge in [0.15, 0.2) is 0 Å². The van der Waals surface area contributed by atoms with Gasteiger partial charge in [0, 0.05) is 24.6 Å². The molecular weight excluding hydrogens is 149 g/mol. The van der Waals surface area contributed by atoms with Gasteiger partial charge in [0.2, 0.25) is 0 Å². The molecule has 0 spiro atoms. The number of hydrogen-bond acceptors (Lipinski definition) is 2. The Bertz CT molecular complexity index is 145. The van der Waals surface area contributed by atoms with Gasteiger partial charge in [-0.05, 0) is 27.7 Å². The second-order valence-electron chi connectivity index (χ2n) is 4.83. The fraction of sp³-hybridized carbons (Fsp3) is 1.00. The molecule has 70 valence electrons. The molecule has 2 atom stereocenters. The molecule has 1 aliphatic rings. The number of ether oxygens (including phenoxy) is 1. The van der Waals surface area contributed by atoms with Crippen molar-refractivity contribution in [3.8, 4) is 0 Å². The summed E-state index contributed by atoms with van der Waals surface area (Å²) in [5.74, 6) is 0. The van der Waals surface area contributed by atoms with Gasteiger partial charge in [-0.3, -0.25) is 4.90 Å². The van der Waals surface area contributed by atoms with Gasteiger partial charge >= 0.3 is 0 Å². The average Bonchev–Trinajstić information content (AvgIpc) is 1.82. The fourth-order valence-corrected chi connectivity index (χ4v) is 1.73. The van der Waals surface area contributed by atoms with Crippen molar-refractivity contribution in [3.05, 3.63) is 0 Å². The summed E-state index contributed by atoms with van der Waals surface area (Å²) in [6.45, 7) is 11.1. The highest BCUT2D eigenvalue weighted by molar-refractivity contribution is 6.11. The smallest absolute Gasteiger partial charge is 0.140 e. The number of nitrogens with zero attached hydrogens (tertiary/aromatic N) is 1. The van der Waals surface area contributed by atoms with Crippen LogP contribution < -0.4 is 0 Å². The van der Waals surface area contributed by atoms with Gasteiger partial charge in [-0.1, -0.05) is 0 Å². The summed E-state index contributed by atoms with van der Waals surface area (Å²) in [4.78, 5) is 2.49. The highest BCUT2D eigenvalue weighted by Crippen LogP contribution is 2.19. The molecule has 0 aromatic carbocycles. The van der Waals surface area contributed by atoms with Gasteiger partial charge in [-0.25, -0.2) is 0 Å². The second kappa shape index (κ2) is 3.39. The molecule has 1 saturated heterocycles. The van der Waals surface area contributed by atoms with E-state index < -0.39 is 0 Å². The number of hydrogen-bond donors (Lipinski definition) is 0. The van der Waals surface area contributed by atoms with Gasteiger partial charge in [0.1, 0.15) is 7.85 Å². The monoisotopic (exact) mass is 169 g/mol. The zero-order valence-electron chi connectivity index (χ0n) is 8.92. The molecule has 2 nitrogen and oxygen atoms in total. The zero-order valence-corrected chi connectivity index (χ0v) is 8.92. The minimum atomic E-state index is 0.284. The largest absolute Gasteiger partial charge is 0.382 e. The molecule has 0 bridgehead atoms. The van der Waals surface area contributed by atoms with Crippen LogP contribution in [0, 0.1) is 0 Å². The summed E-state index contributed by atoms with van der Waals surface area (Å²) in [7, 11) is 2.15. The van der Waals surface area contributed by atoms with Crippen molar-refractivity contribution in [2.24, 2.45) is 0 Å². The van der Waals surface area contributed by atoms with Gasteiger partial charge in [0.05, 0.1) is 6.10 Å². The van der Waals surface area contributed by atoms with E-state index in [0.29, 0.717) is 12.1 Å². The normalized spacial score (nSPS) is 33.7. The topological polar surface area (TPSA) is 12.5 Å². The van der Waals surface area contributed by atoms with Crippen molar-refractivity contribution in [2.75, 3.05) is 13.1 Å². The SMILES string of the molecule is BC1CN(C(C)(C)C)CC(C)O1. The molecule has 0 aliphatic carbocycles. The van der Waals surface area contributed by atoms with Crippen molar-refractivity contribution >= 4 is 7.85 Å². The Morgan fingerprint density at radius 3 is 2.33 bits per heavy atom. The van der Waals surface area contributed by atoms with E-state index in [0.717, 1.165) is 13.1 Å². The Hall–Kier alpha value is -0.0151. The van der Waals surface area contributed by atoms with Crippen molar-refractivity contribution in [2.45, 2.75) is 45.3 Å². The fourth-order valence-electron chi connectivity index (χ4n) is 1.73. The Kier molecular flexibility index (Phi) is 2.84. The first-order chi connectivity index (χ1) is 5.39. The molecule has 1 rings (SSSR count). The summed E-state index contributed by atoms with van der Waals surface area (Å²) >= 11 is 0. The first kappa shape index (κ1) is 10.1. The Morgan fingerprint density at radius 2 is 1.92 bits per heavy atom. The first-order valence-electron chi connectivity index (χ1n) is 4.80. The molecule has 0 saturated carbocycles. The van der Waals surface area contributed by atoms with Crippen molar-refractivity contribution in [1.82, 2.24) is 4.90 Å². The maximum atomic E-state index is 5.67. The lowest BCUT2D eigenvalue weighted by Crippen LogP contribution is -2.54. The number of rotatable bonds is 0. The van der Waals surface area contributed by atoms with Crippen LogP contribution in [0.1, 0.15) is 27.7 Å². The molecule has 0 aromatic rings. The molecule has 1 aliphatic heterocycles. The molecule has 3 heteroatoms. The van der Waals surface area contributed by atoms with Gasteiger partial charge < -0.3 is 4.74 Å². The van der Waals surface area contributed by atoms with Crippen LogP contribution in [0.2, 0.25) is 0 Å². The summed E-state index contributed by atoms with van der Waals surface area (Å²) in [5.41, 5.74) is 0.284. The molecule has 1 heterocycles. The summed E-state index contributed by atoms with van der Waals surface area (Å²) < 4.78 is 5.67. The van der Waals surface area contributed by atoms with Crippen LogP contribution in [0.4, 0.5) is 0 Å². The van der Waals surface area contributed by atoms with Crippen LogP contribution in [0.15, 0.2) is 0 Å². The first-order valence-corrected chi connectivity index (χ1v) is 4.80. The summed E-state index contributed by atoms with van der Waals surface area (Å²) in [6.07, 6.45) is 0.382. The van der Waals surface area contributed by atoms with E-state index >= 15 is 0 Å². The van der Waals surface area contributed by atoms with Crippen molar-refractivity contribution in [3.63, 3.8) is 0 Å². The summed E-state index contributed by atoms with van der Waals surface area (Å²) in [6, 6.07) is 0.382. The molecule has 2 unspecified atom stereocenters. The third-order valence-electron chi connectivity index (χ3n) is 2.37. The van der Waals surface area contributed by atoms with Crippen LogP contribution in [0.3, 0.4) is 0 Å². The average molecular weight is 169 g/mol. The van der Waals surface area contributed by atoms with Crippen LogP contribution >= 0.6 is 0 Å². The van der Waals surface area contributed by atoms with Gasteiger partial charge in [-0.15, -0.1) is 0 Å². The minimum Gasteiger partial charge on any atom is -0.382 e. The lowest BCUT2D eigenvalue weighted by atomic mass is 9.94. The molecule has 0 amide bonds. The maximum absolute atomic E-state index is 5.67. The van der Waals surface area contributed by atoms with Crippen LogP contribution in [-0.4, -0.2) is 43.5 Å². The third-order valence-corrected chi connectivity index (χ3v) is 2.37. The van der Waals surface area contributed by atoms with E-state index in [2.05, 4.69) is 40.4 Å². The predicted octanol–water partition coefficient (Wildman–Crippen LogP) is 0.465. The van der Waals surface area contributed by atoms with Crippen LogP contribution in [0.5, 0.6) is 0 Å². The third kappa shape index (κ3) is 2.49. The lowest BCUT2D eigenvalue weighted by Gasteiger charge is -2.43. The highest BCUT2D eigenvalue weighted by Gasteiger charge is 2.29. The Morgan fingerprint density at radius 1 is 1.33 bits per heavy atom. The van der Waals surface area contributed by atoms with Gasteiger partial charge in [-0.2, -0.15) is 0 Å². The zero-order chi connectivity index (χ0) is 9.35. The van der Waals surface area contributed by atoms with Crippen molar-refractivity contribution < 1.29 is 4.74 Å². The van der Waals surface area contributed by atoms with Crippen LogP contribution in [0.25, 0.3) is 0 Å². The van der Waals surface area contributed by atoms with E-state index in [1.807, 2.05) is 0 Å². The standard InChI is InChI=1S/C9H20BNO/c1-7-5-11(9(2,3)4)6-8(10)12-7/h7-8H,5-6,10H2,1-4H3.